The third-order valence-electron chi connectivity index (χ3n) is 5.13. The summed E-state index contributed by atoms with van der Waals surface area (Å²) >= 11 is 0. The fourth-order valence-corrected chi connectivity index (χ4v) is 3.68. The van der Waals surface area contributed by atoms with Gasteiger partial charge in [0.05, 0.1) is 30.1 Å². The van der Waals surface area contributed by atoms with Gasteiger partial charge >= 0.3 is 0 Å². The lowest BCUT2D eigenvalue weighted by Gasteiger charge is -2.25. The first-order chi connectivity index (χ1) is 13.6. The van der Waals surface area contributed by atoms with Crippen LogP contribution in [0.15, 0.2) is 48.7 Å². The summed E-state index contributed by atoms with van der Waals surface area (Å²) in [5, 5.41) is 4.11. The van der Waals surface area contributed by atoms with E-state index in [4.69, 9.17) is 10.5 Å². The molecule has 1 unspecified atom stereocenters. The molecule has 1 saturated heterocycles. The highest BCUT2D eigenvalue weighted by Gasteiger charge is 2.40. The Hall–Kier alpha value is -3.19. The van der Waals surface area contributed by atoms with Gasteiger partial charge in [0.25, 0.3) is 0 Å². The van der Waals surface area contributed by atoms with Crippen LogP contribution in [0.1, 0.15) is 25.1 Å². The van der Waals surface area contributed by atoms with Crippen molar-refractivity contribution < 1.29 is 9.53 Å². The minimum Gasteiger partial charge on any atom is -0.480 e. The number of hydrogen-bond donors (Lipinski definition) is 3. The van der Waals surface area contributed by atoms with Gasteiger partial charge < -0.3 is 20.8 Å². The molecule has 4 N–H and O–H groups in total. The Morgan fingerprint density at radius 1 is 1.32 bits per heavy atom. The molecule has 0 saturated carbocycles. The van der Waals surface area contributed by atoms with Crippen LogP contribution in [-0.2, 0) is 10.3 Å². The predicted octanol–water partition coefficient (Wildman–Crippen LogP) is 2.64. The number of para-hydroxylation sites is 1. The van der Waals surface area contributed by atoms with Crippen LogP contribution in [0.5, 0.6) is 5.88 Å². The van der Waals surface area contributed by atoms with E-state index in [2.05, 4.69) is 20.3 Å². The molecule has 3 aromatic rings. The zero-order valence-corrected chi connectivity index (χ0v) is 15.7. The Morgan fingerprint density at radius 3 is 2.93 bits per heavy atom. The number of H-pyrrole nitrogens is 1. The van der Waals surface area contributed by atoms with Crippen molar-refractivity contribution in [2.24, 2.45) is 5.73 Å². The zero-order chi connectivity index (χ0) is 19.6. The minimum atomic E-state index is -0.543. The third kappa shape index (κ3) is 3.25. The lowest BCUT2D eigenvalue weighted by atomic mass is 9.92. The Bertz CT molecular complexity index is 1040. The molecule has 0 aliphatic carbocycles. The van der Waals surface area contributed by atoms with E-state index >= 15 is 0 Å². The number of pyridine rings is 1. The average molecular weight is 377 g/mol. The number of imidazole rings is 1. The van der Waals surface area contributed by atoms with E-state index in [1.54, 1.807) is 13.3 Å². The van der Waals surface area contributed by atoms with E-state index in [-0.39, 0.29) is 5.91 Å². The number of aromatic nitrogens is 3. The average Bonchev–Trinajstić information content (AvgIpc) is 3.35. The number of benzene rings is 1. The van der Waals surface area contributed by atoms with Crippen molar-refractivity contribution >= 4 is 16.8 Å². The molecular formula is C21H23N5O2. The van der Waals surface area contributed by atoms with E-state index in [9.17, 15) is 4.79 Å². The fourth-order valence-electron chi connectivity index (χ4n) is 3.68. The maximum atomic E-state index is 12.0. The Kier molecular flexibility index (Phi) is 4.83. The highest BCUT2D eigenvalue weighted by atomic mass is 16.5. The molecule has 3 heterocycles. The standard InChI is InChI=1S/C21H23N5O2/c1-28-19-15(12-14-6-2-3-7-16(14)24-19)17-13-23-20(25-17)21(9-4-5-11-22)10-8-18(27)26-21/h2-7,12-13H,8-11,22H2,1H3,(H,23,25)(H,26,27). The monoisotopic (exact) mass is 377 g/mol. The van der Waals surface area contributed by atoms with Crippen LogP contribution >= 0.6 is 0 Å². The van der Waals surface area contributed by atoms with Crippen molar-refractivity contribution in [2.45, 2.75) is 24.8 Å². The number of nitrogens with zero attached hydrogens (tertiary/aromatic N) is 2. The Labute approximate surface area is 163 Å². The first-order valence-corrected chi connectivity index (χ1v) is 9.31. The van der Waals surface area contributed by atoms with Crippen LogP contribution in [0.3, 0.4) is 0 Å². The molecule has 0 radical (unpaired) electrons. The first-order valence-electron chi connectivity index (χ1n) is 9.31. The van der Waals surface area contributed by atoms with Crippen molar-refractivity contribution in [3.05, 3.63) is 54.5 Å². The van der Waals surface area contributed by atoms with E-state index < -0.39 is 5.54 Å². The first kappa shape index (κ1) is 18.2. The quantitative estimate of drug-likeness (QED) is 0.573. The molecule has 1 fully saturated rings. The summed E-state index contributed by atoms with van der Waals surface area (Å²) in [4.78, 5) is 24.5. The molecule has 7 nitrogen and oxygen atoms in total. The lowest BCUT2D eigenvalue weighted by Crippen LogP contribution is -2.39. The van der Waals surface area contributed by atoms with E-state index in [0.29, 0.717) is 31.7 Å². The largest absolute Gasteiger partial charge is 0.480 e. The highest BCUT2D eigenvalue weighted by molar-refractivity contribution is 5.85. The molecule has 4 rings (SSSR count). The molecule has 0 bridgehead atoms. The number of hydrogen-bond acceptors (Lipinski definition) is 5. The number of carbonyl (C=O) groups excluding carboxylic acids is 1. The molecule has 7 heteroatoms. The number of nitrogens with two attached hydrogens (primary N) is 1. The number of rotatable bonds is 6. The van der Waals surface area contributed by atoms with Crippen molar-refractivity contribution in [1.29, 1.82) is 0 Å². The zero-order valence-electron chi connectivity index (χ0n) is 15.7. The van der Waals surface area contributed by atoms with Gasteiger partial charge in [-0.1, -0.05) is 30.4 Å². The molecule has 1 aliphatic rings. The fraction of sp³-hybridized carbons (Fsp3) is 0.286. The van der Waals surface area contributed by atoms with Gasteiger partial charge in [0.2, 0.25) is 11.8 Å². The van der Waals surface area contributed by atoms with Gasteiger partial charge in [-0.25, -0.2) is 9.97 Å². The Morgan fingerprint density at radius 2 is 2.18 bits per heavy atom. The van der Waals surface area contributed by atoms with Crippen LogP contribution in [0.2, 0.25) is 0 Å². The van der Waals surface area contributed by atoms with E-state index in [0.717, 1.165) is 28.0 Å². The molecule has 2 aromatic heterocycles. The van der Waals surface area contributed by atoms with Crippen molar-refractivity contribution in [3.8, 4) is 17.1 Å². The molecule has 144 valence electrons. The summed E-state index contributed by atoms with van der Waals surface area (Å²) in [6.07, 6.45) is 7.45. The maximum absolute atomic E-state index is 12.0. The van der Waals surface area contributed by atoms with E-state index in [1.807, 2.05) is 42.5 Å². The van der Waals surface area contributed by atoms with Crippen LogP contribution in [0.25, 0.3) is 22.2 Å². The van der Waals surface area contributed by atoms with Crippen LogP contribution in [0.4, 0.5) is 0 Å². The van der Waals surface area contributed by atoms with Crippen molar-refractivity contribution in [2.75, 3.05) is 13.7 Å². The van der Waals surface area contributed by atoms with E-state index in [1.165, 1.54) is 0 Å². The molecular weight excluding hydrogens is 354 g/mol. The number of aromatic amines is 1. The Balaban J connectivity index is 1.75. The highest BCUT2D eigenvalue weighted by Crippen LogP contribution is 2.36. The molecule has 1 atom stereocenters. The van der Waals surface area contributed by atoms with Gasteiger partial charge in [0, 0.05) is 18.4 Å². The SMILES string of the molecule is COc1nc2ccccc2cc1-c1cnc(C2(CC=CCN)CCC(=O)N2)[nH]1. The number of carbonyl (C=O) groups is 1. The van der Waals surface area contributed by atoms with Gasteiger partial charge in [0.1, 0.15) is 11.4 Å². The predicted molar refractivity (Wildman–Crippen MR) is 108 cm³/mol. The lowest BCUT2D eigenvalue weighted by molar-refractivity contribution is -0.119. The van der Waals surface area contributed by atoms with Gasteiger partial charge in [-0.15, -0.1) is 0 Å². The van der Waals surface area contributed by atoms with Crippen molar-refractivity contribution in [3.63, 3.8) is 0 Å². The van der Waals surface area contributed by atoms with Crippen LogP contribution < -0.4 is 15.8 Å². The molecule has 1 aromatic carbocycles. The second-order valence-electron chi connectivity index (χ2n) is 6.92. The number of amides is 1. The molecule has 1 aliphatic heterocycles. The topological polar surface area (TPSA) is 106 Å². The van der Waals surface area contributed by atoms with Gasteiger partial charge in [0.15, 0.2) is 0 Å². The summed E-state index contributed by atoms with van der Waals surface area (Å²) in [6.45, 7) is 0.466. The summed E-state index contributed by atoms with van der Waals surface area (Å²) in [7, 11) is 1.61. The van der Waals surface area contributed by atoms with Gasteiger partial charge in [-0.05, 0) is 25.0 Å². The minimum absolute atomic E-state index is 0.0315. The van der Waals surface area contributed by atoms with Crippen LogP contribution in [-0.4, -0.2) is 34.5 Å². The van der Waals surface area contributed by atoms with Crippen LogP contribution in [0, 0.1) is 0 Å². The molecule has 1 amide bonds. The van der Waals surface area contributed by atoms with Gasteiger partial charge in [-0.2, -0.15) is 0 Å². The molecule has 0 spiro atoms. The van der Waals surface area contributed by atoms with Crippen molar-refractivity contribution in [1.82, 2.24) is 20.3 Å². The summed E-state index contributed by atoms with van der Waals surface area (Å²) < 4.78 is 5.51. The molecule has 28 heavy (non-hydrogen) atoms. The normalized spacial score (nSPS) is 19.4. The summed E-state index contributed by atoms with van der Waals surface area (Å²) in [5.41, 5.74) is 7.52. The third-order valence-corrected chi connectivity index (χ3v) is 5.13. The van der Waals surface area contributed by atoms with Gasteiger partial charge in [-0.3, -0.25) is 4.79 Å². The number of nitrogens with one attached hydrogen (secondary N) is 2. The number of methoxy groups -OCH3 is 1. The second-order valence-corrected chi connectivity index (χ2v) is 6.92. The second kappa shape index (κ2) is 7.44. The maximum Gasteiger partial charge on any atom is 0.223 e. The smallest absolute Gasteiger partial charge is 0.223 e. The summed E-state index contributed by atoms with van der Waals surface area (Å²) in [5.74, 6) is 1.29. The number of fused-ring (bicyclic) bond motifs is 1. The number of ether oxygens (including phenoxy) is 1. The summed E-state index contributed by atoms with van der Waals surface area (Å²) in [6, 6.07) is 9.92.